The van der Waals surface area contributed by atoms with Crippen LogP contribution in [0.5, 0.6) is 11.5 Å². The average molecular weight is 263 g/mol. The zero-order chi connectivity index (χ0) is 13.9. The molecular weight excluding hydrogens is 238 g/mol. The minimum atomic E-state index is 0.304. The molecular formula is C16H25NO2. The van der Waals surface area contributed by atoms with E-state index in [1.165, 1.54) is 18.4 Å². The Bertz CT molecular complexity index is 405. The topological polar surface area (TPSA) is 30.5 Å². The Morgan fingerprint density at radius 2 is 1.79 bits per heavy atom. The van der Waals surface area contributed by atoms with Gasteiger partial charge >= 0.3 is 0 Å². The van der Waals surface area contributed by atoms with Crippen molar-refractivity contribution in [3.05, 3.63) is 23.8 Å². The van der Waals surface area contributed by atoms with Crippen LogP contribution in [0.15, 0.2) is 18.2 Å². The van der Waals surface area contributed by atoms with E-state index in [1.54, 1.807) is 14.2 Å². The van der Waals surface area contributed by atoms with Crippen LogP contribution in [-0.4, -0.2) is 20.8 Å². The SMILES string of the molecule is CCCNC(c1c(OC)cccc1OC)C1(C)CC1. The zero-order valence-corrected chi connectivity index (χ0v) is 12.5. The normalized spacial score (nSPS) is 17.9. The van der Waals surface area contributed by atoms with Crippen molar-refractivity contribution in [3.8, 4) is 11.5 Å². The quantitative estimate of drug-likeness (QED) is 0.816. The molecule has 0 radical (unpaired) electrons. The predicted octanol–water partition coefficient (Wildman–Crippen LogP) is 3.54. The molecule has 19 heavy (non-hydrogen) atoms. The largest absolute Gasteiger partial charge is 0.496 e. The lowest BCUT2D eigenvalue weighted by atomic mass is 9.90. The Labute approximate surface area is 116 Å². The first-order chi connectivity index (χ1) is 9.16. The summed E-state index contributed by atoms with van der Waals surface area (Å²) in [5.74, 6) is 1.84. The minimum absolute atomic E-state index is 0.304. The van der Waals surface area contributed by atoms with Gasteiger partial charge in [-0.3, -0.25) is 0 Å². The molecule has 0 amide bonds. The molecule has 1 saturated carbocycles. The number of methoxy groups -OCH3 is 2. The molecule has 1 N–H and O–H groups in total. The van der Waals surface area contributed by atoms with Crippen LogP contribution in [0, 0.1) is 5.41 Å². The van der Waals surface area contributed by atoms with Crippen molar-refractivity contribution < 1.29 is 9.47 Å². The van der Waals surface area contributed by atoms with Crippen molar-refractivity contribution in [1.29, 1.82) is 0 Å². The molecule has 0 aromatic heterocycles. The standard InChI is InChI=1S/C16H25NO2/c1-5-11-17-15(16(2)9-10-16)14-12(18-3)7-6-8-13(14)19-4/h6-8,15,17H,5,9-11H2,1-4H3. The highest BCUT2D eigenvalue weighted by atomic mass is 16.5. The molecule has 1 aliphatic carbocycles. The molecule has 0 aliphatic heterocycles. The summed E-state index contributed by atoms with van der Waals surface area (Å²) in [6.45, 7) is 5.55. The van der Waals surface area contributed by atoms with Crippen LogP contribution in [0.25, 0.3) is 0 Å². The summed E-state index contributed by atoms with van der Waals surface area (Å²) >= 11 is 0. The lowest BCUT2D eigenvalue weighted by Gasteiger charge is -2.28. The van der Waals surface area contributed by atoms with Crippen molar-refractivity contribution in [2.75, 3.05) is 20.8 Å². The lowest BCUT2D eigenvalue weighted by molar-refractivity contribution is 0.322. The van der Waals surface area contributed by atoms with Crippen molar-refractivity contribution in [3.63, 3.8) is 0 Å². The Morgan fingerprint density at radius 1 is 1.21 bits per heavy atom. The van der Waals surface area contributed by atoms with Gasteiger partial charge in [-0.25, -0.2) is 0 Å². The van der Waals surface area contributed by atoms with Crippen molar-refractivity contribution in [2.24, 2.45) is 5.41 Å². The summed E-state index contributed by atoms with van der Waals surface area (Å²) in [5, 5.41) is 3.68. The lowest BCUT2D eigenvalue weighted by Crippen LogP contribution is -2.29. The predicted molar refractivity (Wildman–Crippen MR) is 77.9 cm³/mol. The van der Waals surface area contributed by atoms with E-state index >= 15 is 0 Å². The molecule has 1 aromatic rings. The van der Waals surface area contributed by atoms with Gasteiger partial charge in [-0.2, -0.15) is 0 Å². The number of nitrogens with one attached hydrogen (secondary N) is 1. The van der Waals surface area contributed by atoms with Crippen LogP contribution < -0.4 is 14.8 Å². The third kappa shape index (κ3) is 2.86. The van der Waals surface area contributed by atoms with Gasteiger partial charge in [0.05, 0.1) is 19.8 Å². The molecule has 106 valence electrons. The maximum atomic E-state index is 5.55. The number of hydrogen-bond acceptors (Lipinski definition) is 3. The number of hydrogen-bond donors (Lipinski definition) is 1. The van der Waals surface area contributed by atoms with Crippen molar-refractivity contribution >= 4 is 0 Å². The first kappa shape index (κ1) is 14.2. The van der Waals surface area contributed by atoms with Gasteiger partial charge < -0.3 is 14.8 Å². The van der Waals surface area contributed by atoms with Gasteiger partial charge in [-0.1, -0.05) is 19.9 Å². The summed E-state index contributed by atoms with van der Waals surface area (Å²) < 4.78 is 11.1. The summed E-state index contributed by atoms with van der Waals surface area (Å²) in [4.78, 5) is 0. The highest BCUT2D eigenvalue weighted by Gasteiger charge is 2.47. The molecule has 1 unspecified atom stereocenters. The van der Waals surface area contributed by atoms with Crippen LogP contribution in [0.3, 0.4) is 0 Å². The van der Waals surface area contributed by atoms with Gasteiger partial charge in [-0.05, 0) is 43.4 Å². The fourth-order valence-corrected chi connectivity index (χ4v) is 2.64. The van der Waals surface area contributed by atoms with Crippen LogP contribution in [0.1, 0.15) is 44.7 Å². The van der Waals surface area contributed by atoms with Crippen LogP contribution in [-0.2, 0) is 0 Å². The molecule has 0 spiro atoms. The first-order valence-corrected chi connectivity index (χ1v) is 7.10. The third-order valence-corrected chi connectivity index (χ3v) is 4.09. The second kappa shape index (κ2) is 5.83. The van der Waals surface area contributed by atoms with E-state index in [9.17, 15) is 0 Å². The van der Waals surface area contributed by atoms with E-state index in [2.05, 4.69) is 19.2 Å². The zero-order valence-electron chi connectivity index (χ0n) is 12.5. The Kier molecular flexibility index (Phi) is 4.35. The fraction of sp³-hybridized carbons (Fsp3) is 0.625. The molecule has 3 nitrogen and oxygen atoms in total. The van der Waals surface area contributed by atoms with E-state index < -0.39 is 0 Å². The molecule has 0 heterocycles. The highest BCUT2D eigenvalue weighted by molar-refractivity contribution is 5.48. The van der Waals surface area contributed by atoms with Crippen LogP contribution >= 0.6 is 0 Å². The van der Waals surface area contributed by atoms with Gasteiger partial charge in [-0.15, -0.1) is 0 Å². The van der Waals surface area contributed by atoms with Crippen LogP contribution in [0.2, 0.25) is 0 Å². The maximum Gasteiger partial charge on any atom is 0.127 e. The number of benzene rings is 1. The average Bonchev–Trinajstić information content (AvgIpc) is 3.17. The van der Waals surface area contributed by atoms with Crippen LogP contribution in [0.4, 0.5) is 0 Å². The van der Waals surface area contributed by atoms with Gasteiger partial charge in [0, 0.05) is 6.04 Å². The Balaban J connectivity index is 2.39. The second-order valence-corrected chi connectivity index (χ2v) is 5.62. The summed E-state index contributed by atoms with van der Waals surface area (Å²) in [6, 6.07) is 6.32. The summed E-state index contributed by atoms with van der Waals surface area (Å²) in [5.41, 5.74) is 1.50. The van der Waals surface area contributed by atoms with Crippen molar-refractivity contribution in [1.82, 2.24) is 5.32 Å². The van der Waals surface area contributed by atoms with E-state index in [1.807, 2.05) is 18.2 Å². The van der Waals surface area contributed by atoms with E-state index in [0.29, 0.717) is 11.5 Å². The number of ether oxygens (including phenoxy) is 2. The van der Waals surface area contributed by atoms with E-state index in [-0.39, 0.29) is 0 Å². The summed E-state index contributed by atoms with van der Waals surface area (Å²) in [7, 11) is 3.45. The Morgan fingerprint density at radius 3 is 2.21 bits per heavy atom. The highest BCUT2D eigenvalue weighted by Crippen LogP contribution is 2.57. The maximum absolute atomic E-state index is 5.55. The second-order valence-electron chi connectivity index (χ2n) is 5.62. The third-order valence-electron chi connectivity index (χ3n) is 4.09. The molecule has 1 fully saturated rings. The van der Waals surface area contributed by atoms with Gasteiger partial charge in [0.15, 0.2) is 0 Å². The van der Waals surface area contributed by atoms with Crippen molar-refractivity contribution in [2.45, 2.75) is 39.2 Å². The Hall–Kier alpha value is -1.22. The smallest absolute Gasteiger partial charge is 0.127 e. The van der Waals surface area contributed by atoms with Gasteiger partial charge in [0.2, 0.25) is 0 Å². The molecule has 0 bridgehead atoms. The minimum Gasteiger partial charge on any atom is -0.496 e. The molecule has 1 aliphatic rings. The van der Waals surface area contributed by atoms with Gasteiger partial charge in [0.25, 0.3) is 0 Å². The molecule has 3 heteroatoms. The molecule has 0 saturated heterocycles. The van der Waals surface area contributed by atoms with Gasteiger partial charge in [0.1, 0.15) is 11.5 Å². The van der Waals surface area contributed by atoms with E-state index in [4.69, 9.17) is 9.47 Å². The number of rotatable bonds is 7. The fourth-order valence-electron chi connectivity index (χ4n) is 2.64. The van der Waals surface area contributed by atoms with E-state index in [0.717, 1.165) is 24.5 Å². The molecule has 2 rings (SSSR count). The first-order valence-electron chi connectivity index (χ1n) is 7.10. The molecule has 1 atom stereocenters. The monoisotopic (exact) mass is 263 g/mol. The summed E-state index contributed by atoms with van der Waals surface area (Å²) in [6.07, 6.45) is 3.65. The molecule has 1 aromatic carbocycles.